The molecule has 0 saturated heterocycles. The van der Waals surface area contributed by atoms with Crippen LogP contribution in [0.2, 0.25) is 15.1 Å². The second-order valence-corrected chi connectivity index (χ2v) is 5.52. The summed E-state index contributed by atoms with van der Waals surface area (Å²) in [5, 5.41) is 4.84. The first-order valence-electron chi connectivity index (χ1n) is 6.06. The molecule has 0 aliphatic carbocycles. The molecule has 0 aliphatic rings. The van der Waals surface area contributed by atoms with Crippen molar-refractivity contribution < 1.29 is 0 Å². The number of anilines is 1. The Bertz CT molecular complexity index is 541. The summed E-state index contributed by atoms with van der Waals surface area (Å²) in [7, 11) is 0. The van der Waals surface area contributed by atoms with Crippen LogP contribution in [0.3, 0.4) is 0 Å². The molecule has 0 radical (unpaired) electrons. The summed E-state index contributed by atoms with van der Waals surface area (Å²) in [6.45, 7) is 2.81. The first kappa shape index (κ1) is 14.5. The molecule has 2 aromatic carbocycles. The van der Waals surface area contributed by atoms with Crippen LogP contribution >= 0.6 is 34.8 Å². The number of halogens is 3. The van der Waals surface area contributed by atoms with Crippen molar-refractivity contribution in [2.75, 3.05) is 5.32 Å². The van der Waals surface area contributed by atoms with E-state index in [0.717, 1.165) is 6.42 Å². The minimum Gasteiger partial charge on any atom is -0.379 e. The Hall–Kier alpha value is -0.890. The predicted octanol–water partition coefficient (Wildman–Crippen LogP) is 5.82. The summed E-state index contributed by atoms with van der Waals surface area (Å²) in [5.41, 5.74) is 3.22. The third-order valence-electron chi connectivity index (χ3n) is 2.91. The van der Waals surface area contributed by atoms with Gasteiger partial charge in [-0.05, 0) is 29.7 Å². The van der Waals surface area contributed by atoms with Gasteiger partial charge in [-0.15, -0.1) is 0 Å². The van der Waals surface area contributed by atoms with E-state index < -0.39 is 0 Å². The van der Waals surface area contributed by atoms with Gasteiger partial charge in [0.25, 0.3) is 0 Å². The summed E-state index contributed by atoms with van der Waals surface area (Å²) in [5.74, 6) is 0. The van der Waals surface area contributed by atoms with Crippen molar-refractivity contribution in [3.8, 4) is 0 Å². The normalized spacial score (nSPS) is 10.5. The van der Waals surface area contributed by atoms with Crippen LogP contribution in [0.1, 0.15) is 18.1 Å². The zero-order chi connectivity index (χ0) is 13.8. The summed E-state index contributed by atoms with van der Waals surface area (Å²) in [6, 6.07) is 11.8. The van der Waals surface area contributed by atoms with Gasteiger partial charge in [0.05, 0.1) is 15.7 Å². The minimum absolute atomic E-state index is 0.530. The van der Waals surface area contributed by atoms with Gasteiger partial charge < -0.3 is 5.32 Å². The van der Waals surface area contributed by atoms with Crippen molar-refractivity contribution in [2.45, 2.75) is 19.9 Å². The maximum atomic E-state index is 6.12. The number of benzene rings is 2. The van der Waals surface area contributed by atoms with Crippen LogP contribution in [0.5, 0.6) is 0 Å². The molecule has 100 valence electrons. The van der Waals surface area contributed by atoms with Crippen molar-refractivity contribution in [2.24, 2.45) is 0 Å². The molecule has 0 bridgehead atoms. The number of hydrogen-bond acceptors (Lipinski definition) is 1. The van der Waals surface area contributed by atoms with Crippen LogP contribution in [-0.4, -0.2) is 0 Å². The van der Waals surface area contributed by atoms with Crippen LogP contribution in [0.15, 0.2) is 36.4 Å². The topological polar surface area (TPSA) is 12.0 Å². The summed E-state index contributed by atoms with van der Waals surface area (Å²) in [6.07, 6.45) is 1.04. The fraction of sp³-hybridized carbons (Fsp3) is 0.200. The lowest BCUT2D eigenvalue weighted by Crippen LogP contribution is -2.00. The molecule has 0 aliphatic heterocycles. The lowest BCUT2D eigenvalue weighted by molar-refractivity contribution is 1.11. The van der Waals surface area contributed by atoms with Crippen LogP contribution in [-0.2, 0) is 13.0 Å². The van der Waals surface area contributed by atoms with Crippen LogP contribution < -0.4 is 5.32 Å². The molecule has 0 amide bonds. The van der Waals surface area contributed by atoms with Crippen molar-refractivity contribution in [3.63, 3.8) is 0 Å². The van der Waals surface area contributed by atoms with E-state index in [1.54, 1.807) is 12.1 Å². The van der Waals surface area contributed by atoms with E-state index in [1.165, 1.54) is 11.1 Å². The summed E-state index contributed by atoms with van der Waals surface area (Å²) >= 11 is 18.1. The smallest absolute Gasteiger partial charge is 0.0722 e. The highest BCUT2D eigenvalue weighted by Crippen LogP contribution is 2.33. The van der Waals surface area contributed by atoms with E-state index in [2.05, 4.69) is 36.5 Å². The van der Waals surface area contributed by atoms with Gasteiger partial charge in [0, 0.05) is 11.6 Å². The fourth-order valence-electron chi connectivity index (χ4n) is 1.79. The Morgan fingerprint density at radius 1 is 0.895 bits per heavy atom. The highest BCUT2D eigenvalue weighted by atomic mass is 35.5. The third-order valence-corrected chi connectivity index (χ3v) is 3.72. The standard InChI is InChI=1S/C15H14Cl3N/c1-2-10-3-5-11(6-4-10)9-19-15-13(17)7-12(16)8-14(15)18/h3-8,19H,2,9H2,1H3. The number of hydrogen-bond donors (Lipinski definition) is 1. The molecule has 0 saturated carbocycles. The average Bonchev–Trinajstić information content (AvgIpc) is 2.38. The van der Waals surface area contributed by atoms with E-state index >= 15 is 0 Å². The van der Waals surface area contributed by atoms with E-state index in [4.69, 9.17) is 34.8 Å². The molecule has 2 aromatic rings. The second kappa shape index (κ2) is 6.51. The van der Waals surface area contributed by atoms with Crippen LogP contribution in [0, 0.1) is 0 Å². The van der Waals surface area contributed by atoms with Crippen LogP contribution in [0.25, 0.3) is 0 Å². The maximum absolute atomic E-state index is 6.12. The molecule has 4 heteroatoms. The van der Waals surface area contributed by atoms with Gasteiger partial charge in [-0.1, -0.05) is 66.0 Å². The lowest BCUT2D eigenvalue weighted by Gasteiger charge is -2.11. The summed E-state index contributed by atoms with van der Waals surface area (Å²) in [4.78, 5) is 0. The van der Waals surface area contributed by atoms with Crippen molar-refractivity contribution in [1.29, 1.82) is 0 Å². The highest BCUT2D eigenvalue weighted by Gasteiger charge is 2.07. The Kier molecular flexibility index (Phi) is 4.98. The van der Waals surface area contributed by atoms with E-state index in [9.17, 15) is 0 Å². The van der Waals surface area contributed by atoms with Crippen LogP contribution in [0.4, 0.5) is 5.69 Å². The quantitative estimate of drug-likeness (QED) is 0.749. The zero-order valence-electron chi connectivity index (χ0n) is 10.5. The van der Waals surface area contributed by atoms with Gasteiger partial charge in [-0.25, -0.2) is 0 Å². The van der Waals surface area contributed by atoms with Crippen molar-refractivity contribution >= 4 is 40.5 Å². The molecular formula is C15H14Cl3N. The molecular weight excluding hydrogens is 301 g/mol. The Balaban J connectivity index is 2.10. The molecule has 2 rings (SSSR count). The van der Waals surface area contributed by atoms with Crippen molar-refractivity contribution in [1.82, 2.24) is 0 Å². The molecule has 1 nitrogen and oxygen atoms in total. The van der Waals surface area contributed by atoms with E-state index in [0.29, 0.717) is 27.3 Å². The third kappa shape index (κ3) is 3.79. The van der Waals surface area contributed by atoms with Gasteiger partial charge in [-0.2, -0.15) is 0 Å². The summed E-state index contributed by atoms with van der Waals surface area (Å²) < 4.78 is 0. The van der Waals surface area contributed by atoms with E-state index in [-0.39, 0.29) is 0 Å². The van der Waals surface area contributed by atoms with Gasteiger partial charge >= 0.3 is 0 Å². The largest absolute Gasteiger partial charge is 0.379 e. The Labute approximate surface area is 128 Å². The minimum atomic E-state index is 0.530. The number of rotatable bonds is 4. The maximum Gasteiger partial charge on any atom is 0.0722 e. The average molecular weight is 315 g/mol. The second-order valence-electron chi connectivity index (χ2n) is 4.27. The van der Waals surface area contributed by atoms with Gasteiger partial charge in [0.1, 0.15) is 0 Å². The monoisotopic (exact) mass is 313 g/mol. The highest BCUT2D eigenvalue weighted by molar-refractivity contribution is 6.41. The van der Waals surface area contributed by atoms with E-state index in [1.807, 2.05) is 0 Å². The zero-order valence-corrected chi connectivity index (χ0v) is 12.8. The molecule has 0 aromatic heterocycles. The van der Waals surface area contributed by atoms with Gasteiger partial charge in [-0.3, -0.25) is 0 Å². The molecule has 1 N–H and O–H groups in total. The molecule has 0 unspecified atom stereocenters. The molecule has 0 heterocycles. The number of aryl methyl sites for hydroxylation is 1. The molecule has 0 fully saturated rings. The first-order chi connectivity index (χ1) is 9.10. The van der Waals surface area contributed by atoms with Gasteiger partial charge in [0.15, 0.2) is 0 Å². The van der Waals surface area contributed by atoms with Crippen molar-refractivity contribution in [3.05, 3.63) is 62.6 Å². The number of nitrogens with one attached hydrogen (secondary N) is 1. The SMILES string of the molecule is CCc1ccc(CNc2c(Cl)cc(Cl)cc2Cl)cc1. The first-order valence-corrected chi connectivity index (χ1v) is 7.19. The molecule has 19 heavy (non-hydrogen) atoms. The van der Waals surface area contributed by atoms with Gasteiger partial charge in [0.2, 0.25) is 0 Å². The fourth-order valence-corrected chi connectivity index (χ4v) is 2.74. The lowest BCUT2D eigenvalue weighted by atomic mass is 10.1. The molecule has 0 spiro atoms. The predicted molar refractivity (Wildman–Crippen MR) is 84.6 cm³/mol. The molecule has 0 atom stereocenters. The Morgan fingerprint density at radius 2 is 1.42 bits per heavy atom. The Morgan fingerprint density at radius 3 is 1.95 bits per heavy atom.